The molecule has 1 aromatic heterocycles. The fraction of sp³-hybridized carbons (Fsp3) is 0.192. The first-order chi connectivity index (χ1) is 15.1. The third-order valence-electron chi connectivity index (χ3n) is 5.59. The summed E-state index contributed by atoms with van der Waals surface area (Å²) in [7, 11) is 0. The van der Waals surface area contributed by atoms with Crippen LogP contribution in [-0.4, -0.2) is 24.5 Å². The topological polar surface area (TPSA) is 38.0 Å². The van der Waals surface area contributed by atoms with E-state index in [9.17, 15) is 5.11 Å². The van der Waals surface area contributed by atoms with E-state index in [1.54, 1.807) is 0 Å². The number of aryl methyl sites for hydroxylation is 1. The van der Waals surface area contributed by atoms with Crippen molar-refractivity contribution in [3.8, 4) is 0 Å². The van der Waals surface area contributed by atoms with Crippen molar-refractivity contribution in [2.24, 2.45) is 0 Å². The maximum absolute atomic E-state index is 10.2. The van der Waals surface area contributed by atoms with Crippen molar-refractivity contribution in [1.82, 2.24) is 9.55 Å². The van der Waals surface area contributed by atoms with E-state index in [2.05, 4.69) is 115 Å². The van der Waals surface area contributed by atoms with Crippen LogP contribution in [0.2, 0.25) is 0 Å². The van der Waals surface area contributed by atoms with E-state index in [1.165, 1.54) is 0 Å². The van der Waals surface area contributed by atoms with E-state index in [1.807, 2.05) is 24.5 Å². The molecule has 0 aliphatic rings. The van der Waals surface area contributed by atoms with Crippen molar-refractivity contribution in [2.45, 2.75) is 28.2 Å². The van der Waals surface area contributed by atoms with Crippen LogP contribution in [-0.2, 0) is 12.0 Å². The minimum atomic E-state index is -0.555. The standard InChI is InChI=1S/C26H24Br2N2O/c27-25(28)24(31)17-16-23-18-30(19-29-23)26(20-10-4-1-5-11-20,21-12-6-2-7-13-21)22-14-8-3-9-15-22/h1-15,18-19,24-25,31H,16-17H2. The van der Waals surface area contributed by atoms with Gasteiger partial charge >= 0.3 is 0 Å². The van der Waals surface area contributed by atoms with Crippen molar-refractivity contribution in [3.05, 3.63) is 126 Å². The third kappa shape index (κ3) is 4.54. The van der Waals surface area contributed by atoms with Crippen molar-refractivity contribution >= 4 is 31.9 Å². The SMILES string of the molecule is OC(CCc1cn(C(c2ccccc2)(c2ccccc2)c2ccccc2)cn1)C(Br)Br. The van der Waals surface area contributed by atoms with Crippen LogP contribution >= 0.6 is 31.9 Å². The molecular formula is C26H24Br2N2O. The summed E-state index contributed by atoms with van der Waals surface area (Å²) in [4.78, 5) is 4.71. The number of alkyl halides is 2. The van der Waals surface area contributed by atoms with Crippen molar-refractivity contribution in [3.63, 3.8) is 0 Å². The Morgan fingerprint density at radius 3 is 1.65 bits per heavy atom. The summed E-state index contributed by atoms with van der Waals surface area (Å²) in [5, 5.41) is 10.2. The highest BCUT2D eigenvalue weighted by Crippen LogP contribution is 2.40. The van der Waals surface area contributed by atoms with Gasteiger partial charge in [0.15, 0.2) is 0 Å². The predicted octanol–water partition coefficient (Wildman–Crippen LogP) is 6.13. The molecule has 0 saturated carbocycles. The molecule has 0 fully saturated rings. The lowest BCUT2D eigenvalue weighted by Crippen LogP contribution is -2.36. The Labute approximate surface area is 200 Å². The molecule has 4 rings (SSSR count). The van der Waals surface area contributed by atoms with E-state index < -0.39 is 11.6 Å². The Balaban J connectivity index is 1.88. The first kappa shape index (κ1) is 22.0. The highest BCUT2D eigenvalue weighted by atomic mass is 79.9. The maximum atomic E-state index is 10.2. The first-order valence-electron chi connectivity index (χ1n) is 10.3. The van der Waals surface area contributed by atoms with Gasteiger partial charge < -0.3 is 9.67 Å². The van der Waals surface area contributed by atoms with Gasteiger partial charge in [-0.3, -0.25) is 0 Å². The van der Waals surface area contributed by atoms with Gasteiger partial charge in [0.2, 0.25) is 0 Å². The second kappa shape index (κ2) is 9.94. The highest BCUT2D eigenvalue weighted by molar-refractivity contribution is 9.24. The molecule has 1 unspecified atom stereocenters. The lowest BCUT2D eigenvalue weighted by Gasteiger charge is -2.37. The Morgan fingerprint density at radius 1 is 0.774 bits per heavy atom. The molecule has 0 radical (unpaired) electrons. The van der Waals surface area contributed by atoms with Crippen LogP contribution < -0.4 is 0 Å². The van der Waals surface area contributed by atoms with Crippen LogP contribution in [0.25, 0.3) is 0 Å². The summed E-state index contributed by atoms with van der Waals surface area (Å²) in [5.74, 6) is 0. The van der Waals surface area contributed by atoms with Gasteiger partial charge in [0, 0.05) is 6.20 Å². The molecule has 31 heavy (non-hydrogen) atoms. The lowest BCUT2D eigenvalue weighted by molar-refractivity contribution is 0.184. The van der Waals surface area contributed by atoms with E-state index in [0.717, 1.165) is 22.4 Å². The van der Waals surface area contributed by atoms with Crippen LogP contribution in [0.4, 0.5) is 0 Å². The second-order valence-corrected chi connectivity index (χ2v) is 10.7. The summed E-state index contributed by atoms with van der Waals surface area (Å²) in [6.07, 6.45) is 4.85. The van der Waals surface area contributed by atoms with Crippen LogP contribution in [0.1, 0.15) is 28.8 Å². The number of rotatable bonds is 8. The zero-order valence-electron chi connectivity index (χ0n) is 17.0. The molecule has 3 nitrogen and oxygen atoms in total. The molecule has 3 aromatic carbocycles. The molecular weight excluding hydrogens is 516 g/mol. The number of aliphatic hydroxyl groups is 1. The number of aromatic nitrogens is 2. The number of imidazole rings is 1. The number of benzene rings is 3. The smallest absolute Gasteiger partial charge is 0.121 e. The first-order valence-corrected chi connectivity index (χ1v) is 12.1. The van der Waals surface area contributed by atoms with Crippen LogP contribution in [0.3, 0.4) is 0 Å². The number of halogens is 2. The largest absolute Gasteiger partial charge is 0.391 e. The number of nitrogens with zero attached hydrogens (tertiary/aromatic N) is 2. The van der Waals surface area contributed by atoms with E-state index in [0.29, 0.717) is 12.8 Å². The molecule has 1 atom stereocenters. The fourth-order valence-electron chi connectivity index (χ4n) is 4.08. The molecule has 0 saturated heterocycles. The molecule has 0 aliphatic heterocycles. The molecule has 4 aromatic rings. The van der Waals surface area contributed by atoms with Crippen molar-refractivity contribution in [2.75, 3.05) is 0 Å². The minimum Gasteiger partial charge on any atom is -0.391 e. The summed E-state index contributed by atoms with van der Waals surface area (Å²) in [6, 6.07) is 31.6. The van der Waals surface area contributed by atoms with Gasteiger partial charge in [0.25, 0.3) is 0 Å². The molecule has 1 N–H and O–H groups in total. The zero-order valence-corrected chi connectivity index (χ0v) is 20.2. The third-order valence-corrected chi connectivity index (χ3v) is 6.81. The molecule has 1 heterocycles. The summed E-state index contributed by atoms with van der Waals surface area (Å²) >= 11 is 6.77. The number of hydrogen-bond acceptors (Lipinski definition) is 2. The van der Waals surface area contributed by atoms with Gasteiger partial charge in [-0.1, -0.05) is 123 Å². The Morgan fingerprint density at radius 2 is 1.23 bits per heavy atom. The van der Waals surface area contributed by atoms with Gasteiger partial charge in [0.1, 0.15) is 5.54 Å². The Bertz CT molecular complexity index is 985. The van der Waals surface area contributed by atoms with E-state index >= 15 is 0 Å². The van der Waals surface area contributed by atoms with Gasteiger partial charge in [0.05, 0.1) is 21.9 Å². The lowest BCUT2D eigenvalue weighted by atomic mass is 9.77. The summed E-state index contributed by atoms with van der Waals surface area (Å²) in [6.45, 7) is 0. The molecule has 0 bridgehead atoms. The Hall–Kier alpha value is -2.21. The van der Waals surface area contributed by atoms with E-state index in [-0.39, 0.29) is 3.74 Å². The van der Waals surface area contributed by atoms with E-state index in [4.69, 9.17) is 4.98 Å². The average Bonchev–Trinajstić information content (AvgIpc) is 3.29. The van der Waals surface area contributed by atoms with Gasteiger partial charge in [-0.2, -0.15) is 0 Å². The normalized spacial score (nSPS) is 12.8. The highest BCUT2D eigenvalue weighted by Gasteiger charge is 2.38. The quantitative estimate of drug-likeness (QED) is 0.216. The van der Waals surface area contributed by atoms with Gasteiger partial charge in [-0.05, 0) is 29.5 Å². The van der Waals surface area contributed by atoms with Crippen LogP contribution in [0.5, 0.6) is 0 Å². The molecule has 0 aliphatic carbocycles. The minimum absolute atomic E-state index is 0.126. The Kier molecular flexibility index (Phi) is 7.06. The van der Waals surface area contributed by atoms with Gasteiger partial charge in [-0.15, -0.1) is 0 Å². The zero-order chi connectivity index (χ0) is 21.7. The van der Waals surface area contributed by atoms with Crippen LogP contribution in [0, 0.1) is 0 Å². The number of aliphatic hydroxyl groups excluding tert-OH is 1. The fourth-order valence-corrected chi connectivity index (χ4v) is 4.61. The predicted molar refractivity (Wildman–Crippen MR) is 133 cm³/mol. The molecule has 0 spiro atoms. The van der Waals surface area contributed by atoms with Gasteiger partial charge in [-0.25, -0.2) is 4.98 Å². The molecule has 158 valence electrons. The molecule has 0 amide bonds. The number of hydrogen-bond donors (Lipinski definition) is 1. The summed E-state index contributed by atoms with van der Waals surface area (Å²) < 4.78 is 2.08. The average molecular weight is 540 g/mol. The second-order valence-electron chi connectivity index (χ2n) is 7.52. The maximum Gasteiger partial charge on any atom is 0.121 e. The van der Waals surface area contributed by atoms with Crippen LogP contribution in [0.15, 0.2) is 104 Å². The van der Waals surface area contributed by atoms with Crippen molar-refractivity contribution in [1.29, 1.82) is 0 Å². The summed E-state index contributed by atoms with van der Waals surface area (Å²) in [5.41, 5.74) is 3.89. The molecule has 5 heteroatoms. The van der Waals surface area contributed by atoms with Crippen molar-refractivity contribution < 1.29 is 5.11 Å². The monoisotopic (exact) mass is 538 g/mol.